The van der Waals surface area contributed by atoms with Crippen LogP contribution in [0.5, 0.6) is 0 Å². The van der Waals surface area contributed by atoms with Gasteiger partial charge in [-0.1, -0.05) is 0 Å². The Morgan fingerprint density at radius 2 is 2.40 bits per heavy atom. The Balaban J connectivity index is 2.37. The molecule has 1 N–H and O–H groups in total. The molecule has 0 spiro atoms. The highest BCUT2D eigenvalue weighted by Gasteiger charge is 2.15. The van der Waals surface area contributed by atoms with Crippen LogP contribution < -0.4 is 5.32 Å². The first-order valence-electron chi connectivity index (χ1n) is 3.56. The molecular formula is C7H10N2S. The topological polar surface area (TPSA) is 24.9 Å². The predicted molar refractivity (Wildman–Crippen MR) is 43.7 cm³/mol. The van der Waals surface area contributed by atoms with Crippen molar-refractivity contribution >= 4 is 16.5 Å². The van der Waals surface area contributed by atoms with E-state index in [1.807, 2.05) is 7.05 Å². The Hall–Kier alpha value is -0.570. The van der Waals surface area contributed by atoms with Crippen molar-refractivity contribution in [3.05, 3.63) is 10.6 Å². The highest BCUT2D eigenvalue weighted by molar-refractivity contribution is 7.15. The summed E-state index contributed by atoms with van der Waals surface area (Å²) in [5, 5.41) is 4.14. The van der Waals surface area contributed by atoms with Crippen molar-refractivity contribution < 1.29 is 0 Å². The van der Waals surface area contributed by atoms with Crippen molar-refractivity contribution in [1.29, 1.82) is 0 Å². The molecule has 0 saturated heterocycles. The lowest BCUT2D eigenvalue weighted by atomic mass is 10.4. The zero-order chi connectivity index (χ0) is 6.97. The highest BCUT2D eigenvalue weighted by Crippen LogP contribution is 2.29. The summed E-state index contributed by atoms with van der Waals surface area (Å²) in [5.74, 6) is 0. The van der Waals surface area contributed by atoms with Crippen LogP contribution in [0.1, 0.15) is 17.0 Å². The molecular weight excluding hydrogens is 144 g/mol. The quantitative estimate of drug-likeness (QED) is 0.665. The Kier molecular flexibility index (Phi) is 1.38. The SMILES string of the molecule is CNc1nc2c(s1)CCC2. The number of nitrogens with one attached hydrogen (secondary N) is 1. The average Bonchev–Trinajstić information content (AvgIpc) is 2.42. The van der Waals surface area contributed by atoms with Gasteiger partial charge in [0.05, 0.1) is 5.69 Å². The number of hydrogen-bond acceptors (Lipinski definition) is 3. The van der Waals surface area contributed by atoms with Gasteiger partial charge in [-0.3, -0.25) is 0 Å². The molecule has 3 heteroatoms. The van der Waals surface area contributed by atoms with Crippen molar-refractivity contribution in [3.63, 3.8) is 0 Å². The molecule has 0 saturated carbocycles. The van der Waals surface area contributed by atoms with E-state index in [9.17, 15) is 0 Å². The summed E-state index contributed by atoms with van der Waals surface area (Å²) in [6.07, 6.45) is 3.74. The van der Waals surface area contributed by atoms with E-state index in [1.54, 1.807) is 11.3 Å². The summed E-state index contributed by atoms with van der Waals surface area (Å²) in [6, 6.07) is 0. The zero-order valence-corrected chi connectivity index (χ0v) is 6.79. The summed E-state index contributed by atoms with van der Waals surface area (Å²) in [6.45, 7) is 0. The van der Waals surface area contributed by atoms with E-state index < -0.39 is 0 Å². The van der Waals surface area contributed by atoms with Gasteiger partial charge in [-0.2, -0.15) is 0 Å². The van der Waals surface area contributed by atoms with Crippen molar-refractivity contribution in [2.75, 3.05) is 12.4 Å². The molecule has 0 radical (unpaired) electrons. The van der Waals surface area contributed by atoms with Crippen LogP contribution in [0, 0.1) is 0 Å². The standard InChI is InChI=1S/C7H10N2S/c1-8-7-9-5-3-2-4-6(5)10-7/h2-4H2,1H3,(H,8,9). The molecule has 1 aliphatic rings. The number of hydrogen-bond donors (Lipinski definition) is 1. The summed E-state index contributed by atoms with van der Waals surface area (Å²) in [7, 11) is 1.92. The van der Waals surface area contributed by atoms with Gasteiger partial charge < -0.3 is 5.32 Å². The van der Waals surface area contributed by atoms with Gasteiger partial charge in [-0.25, -0.2) is 4.98 Å². The molecule has 0 fully saturated rings. The van der Waals surface area contributed by atoms with E-state index in [1.165, 1.54) is 29.8 Å². The number of thiazole rings is 1. The molecule has 0 bridgehead atoms. The third kappa shape index (κ3) is 0.814. The van der Waals surface area contributed by atoms with Crippen molar-refractivity contribution in [1.82, 2.24) is 4.98 Å². The average molecular weight is 154 g/mol. The van der Waals surface area contributed by atoms with Crippen LogP contribution in [0.25, 0.3) is 0 Å². The molecule has 54 valence electrons. The van der Waals surface area contributed by atoms with Crippen LogP contribution in [-0.4, -0.2) is 12.0 Å². The van der Waals surface area contributed by atoms with Crippen LogP contribution in [0.2, 0.25) is 0 Å². The molecule has 0 aliphatic heterocycles. The van der Waals surface area contributed by atoms with E-state index in [2.05, 4.69) is 10.3 Å². The largest absolute Gasteiger partial charge is 0.365 e. The van der Waals surface area contributed by atoms with Crippen molar-refractivity contribution in [2.45, 2.75) is 19.3 Å². The normalized spacial score (nSPS) is 15.3. The first kappa shape index (κ1) is 6.16. The molecule has 0 amide bonds. The number of rotatable bonds is 1. The molecule has 2 nitrogen and oxygen atoms in total. The summed E-state index contributed by atoms with van der Waals surface area (Å²) in [5.41, 5.74) is 1.33. The Labute approximate surface area is 64.3 Å². The number of aryl methyl sites for hydroxylation is 2. The summed E-state index contributed by atoms with van der Waals surface area (Å²) in [4.78, 5) is 5.91. The lowest BCUT2D eigenvalue weighted by Gasteiger charge is -1.88. The fraction of sp³-hybridized carbons (Fsp3) is 0.571. The minimum Gasteiger partial charge on any atom is -0.365 e. The zero-order valence-electron chi connectivity index (χ0n) is 5.98. The summed E-state index contributed by atoms with van der Waals surface area (Å²) >= 11 is 1.80. The molecule has 0 atom stereocenters. The van der Waals surface area contributed by atoms with E-state index in [-0.39, 0.29) is 0 Å². The lowest BCUT2D eigenvalue weighted by Crippen LogP contribution is -1.86. The second kappa shape index (κ2) is 2.23. The molecule has 1 aromatic rings. The molecule has 0 unspecified atom stereocenters. The highest BCUT2D eigenvalue weighted by atomic mass is 32.1. The lowest BCUT2D eigenvalue weighted by molar-refractivity contribution is 0.900. The van der Waals surface area contributed by atoms with E-state index in [0.29, 0.717) is 0 Å². The second-order valence-corrected chi connectivity index (χ2v) is 3.58. The molecule has 2 rings (SSSR count). The van der Waals surface area contributed by atoms with Crippen LogP contribution in [0.3, 0.4) is 0 Å². The maximum atomic E-state index is 4.42. The minimum atomic E-state index is 1.07. The fourth-order valence-corrected chi connectivity index (χ4v) is 2.30. The molecule has 0 aromatic carbocycles. The van der Waals surface area contributed by atoms with Crippen molar-refractivity contribution in [3.8, 4) is 0 Å². The van der Waals surface area contributed by atoms with Gasteiger partial charge in [-0.15, -0.1) is 11.3 Å². The van der Waals surface area contributed by atoms with Gasteiger partial charge >= 0.3 is 0 Å². The van der Waals surface area contributed by atoms with E-state index in [0.717, 1.165) is 5.13 Å². The summed E-state index contributed by atoms with van der Waals surface area (Å²) < 4.78 is 0. The molecule has 1 aromatic heterocycles. The van der Waals surface area contributed by atoms with Crippen LogP contribution >= 0.6 is 11.3 Å². The molecule has 1 aliphatic carbocycles. The van der Waals surface area contributed by atoms with Gasteiger partial charge in [0.1, 0.15) is 0 Å². The monoisotopic (exact) mass is 154 g/mol. The number of nitrogens with zero attached hydrogens (tertiary/aromatic N) is 1. The van der Waals surface area contributed by atoms with Crippen LogP contribution in [0.4, 0.5) is 5.13 Å². The van der Waals surface area contributed by atoms with E-state index in [4.69, 9.17) is 0 Å². The van der Waals surface area contributed by atoms with E-state index >= 15 is 0 Å². The maximum absolute atomic E-state index is 4.42. The number of fused-ring (bicyclic) bond motifs is 1. The van der Waals surface area contributed by atoms with Gasteiger partial charge in [-0.05, 0) is 19.3 Å². The number of anilines is 1. The molecule has 1 heterocycles. The minimum absolute atomic E-state index is 1.07. The Bertz CT molecular complexity index is 220. The van der Waals surface area contributed by atoms with Crippen molar-refractivity contribution in [2.24, 2.45) is 0 Å². The van der Waals surface area contributed by atoms with Crippen LogP contribution in [-0.2, 0) is 12.8 Å². The smallest absolute Gasteiger partial charge is 0.182 e. The first-order chi connectivity index (χ1) is 4.90. The third-order valence-corrected chi connectivity index (χ3v) is 2.98. The fourth-order valence-electron chi connectivity index (χ4n) is 1.30. The predicted octanol–water partition coefficient (Wildman–Crippen LogP) is 1.67. The molecule has 10 heavy (non-hydrogen) atoms. The van der Waals surface area contributed by atoms with Crippen LogP contribution in [0.15, 0.2) is 0 Å². The van der Waals surface area contributed by atoms with Gasteiger partial charge in [0.2, 0.25) is 0 Å². The Morgan fingerprint density at radius 1 is 1.50 bits per heavy atom. The first-order valence-corrected chi connectivity index (χ1v) is 4.38. The van der Waals surface area contributed by atoms with Gasteiger partial charge in [0.15, 0.2) is 5.13 Å². The van der Waals surface area contributed by atoms with Gasteiger partial charge in [0, 0.05) is 11.9 Å². The number of aromatic nitrogens is 1. The third-order valence-electron chi connectivity index (χ3n) is 1.81. The maximum Gasteiger partial charge on any atom is 0.182 e. The Morgan fingerprint density at radius 3 is 3.10 bits per heavy atom. The second-order valence-electron chi connectivity index (χ2n) is 2.49. The van der Waals surface area contributed by atoms with Gasteiger partial charge in [0.25, 0.3) is 0 Å².